The van der Waals surface area contributed by atoms with E-state index < -0.39 is 6.10 Å². The number of ether oxygens (including phenoxy) is 1. The molecule has 1 saturated heterocycles. The van der Waals surface area contributed by atoms with Crippen LogP contribution in [0.3, 0.4) is 0 Å². The van der Waals surface area contributed by atoms with Crippen LogP contribution in [0.15, 0.2) is 59.1 Å². The molecule has 2 atom stereocenters. The highest BCUT2D eigenvalue weighted by molar-refractivity contribution is 5.81. The average Bonchev–Trinajstić information content (AvgIpc) is 3.22. The molecule has 2 heterocycles. The average molecular weight is 405 g/mol. The van der Waals surface area contributed by atoms with Gasteiger partial charge in [-0.3, -0.25) is 4.79 Å². The van der Waals surface area contributed by atoms with Gasteiger partial charge in [-0.1, -0.05) is 47.6 Å². The molecule has 1 aliphatic heterocycles. The van der Waals surface area contributed by atoms with Gasteiger partial charge in [-0.25, -0.2) is 0 Å². The van der Waals surface area contributed by atoms with Crippen molar-refractivity contribution in [2.45, 2.75) is 39.2 Å². The lowest BCUT2D eigenvalue weighted by molar-refractivity contribution is -0.139. The molecule has 0 saturated carbocycles. The van der Waals surface area contributed by atoms with E-state index in [0.717, 1.165) is 30.5 Å². The Morgan fingerprint density at radius 2 is 1.97 bits per heavy atom. The molecule has 0 radical (unpaired) electrons. The van der Waals surface area contributed by atoms with Crippen LogP contribution in [0.1, 0.15) is 31.2 Å². The van der Waals surface area contributed by atoms with Crippen molar-refractivity contribution >= 4 is 5.91 Å². The van der Waals surface area contributed by atoms with Crippen molar-refractivity contribution in [1.82, 2.24) is 15.0 Å². The highest BCUT2D eigenvalue weighted by Gasteiger charge is 2.29. The number of nitrogens with zero attached hydrogens (tertiary/aromatic N) is 3. The van der Waals surface area contributed by atoms with E-state index in [1.165, 1.54) is 0 Å². The van der Waals surface area contributed by atoms with Crippen LogP contribution in [-0.2, 0) is 11.2 Å². The Bertz CT molecular complexity index is 986. The molecule has 6 heteroatoms. The van der Waals surface area contributed by atoms with Crippen LogP contribution < -0.4 is 4.74 Å². The summed E-state index contributed by atoms with van der Waals surface area (Å²) in [5.41, 5.74) is 2.10. The number of carbonyl (C=O) groups is 1. The van der Waals surface area contributed by atoms with Crippen LogP contribution >= 0.6 is 0 Å². The third-order valence-corrected chi connectivity index (χ3v) is 5.55. The number of aromatic nitrogens is 2. The number of hydrogen-bond donors (Lipinski definition) is 0. The van der Waals surface area contributed by atoms with E-state index in [1.807, 2.05) is 73.3 Å². The SMILES string of the molecule is Cc1ccccc1-c1noc(C[C@H]2CCCN(C(=O)[C@H](C)Oc3ccccc3)C2)n1. The van der Waals surface area contributed by atoms with E-state index in [-0.39, 0.29) is 5.91 Å². The number of para-hydroxylation sites is 1. The lowest BCUT2D eigenvalue weighted by Gasteiger charge is -2.33. The van der Waals surface area contributed by atoms with Gasteiger partial charge in [-0.2, -0.15) is 4.98 Å². The number of aryl methyl sites for hydroxylation is 1. The summed E-state index contributed by atoms with van der Waals surface area (Å²) in [6, 6.07) is 17.5. The standard InChI is InChI=1S/C24H27N3O3/c1-17-9-6-7-13-21(17)23-25-22(30-26-23)15-19-10-8-14-27(16-19)24(28)18(2)29-20-11-4-3-5-12-20/h3-7,9,11-13,18-19H,8,10,14-16H2,1-2H3/t18-,19+/m0/s1. The van der Waals surface area contributed by atoms with Crippen molar-refractivity contribution in [2.75, 3.05) is 13.1 Å². The smallest absolute Gasteiger partial charge is 0.263 e. The van der Waals surface area contributed by atoms with Gasteiger partial charge in [-0.15, -0.1) is 0 Å². The molecule has 1 aliphatic rings. The Hall–Kier alpha value is -3.15. The normalized spacial score (nSPS) is 17.5. The molecule has 0 unspecified atom stereocenters. The van der Waals surface area contributed by atoms with Gasteiger partial charge >= 0.3 is 0 Å². The van der Waals surface area contributed by atoms with Gasteiger partial charge in [0.1, 0.15) is 5.75 Å². The molecule has 0 N–H and O–H groups in total. The third-order valence-electron chi connectivity index (χ3n) is 5.55. The molecule has 156 valence electrons. The minimum atomic E-state index is -0.512. The lowest BCUT2D eigenvalue weighted by atomic mass is 9.94. The first-order chi connectivity index (χ1) is 14.6. The largest absolute Gasteiger partial charge is 0.481 e. The molecule has 3 aromatic rings. The van der Waals surface area contributed by atoms with E-state index in [2.05, 4.69) is 10.1 Å². The summed E-state index contributed by atoms with van der Waals surface area (Å²) < 4.78 is 11.3. The Morgan fingerprint density at radius 3 is 2.77 bits per heavy atom. The summed E-state index contributed by atoms with van der Waals surface area (Å²) in [7, 11) is 0. The van der Waals surface area contributed by atoms with Crippen LogP contribution in [-0.4, -0.2) is 40.1 Å². The summed E-state index contributed by atoms with van der Waals surface area (Å²) in [6.07, 6.45) is 2.17. The summed E-state index contributed by atoms with van der Waals surface area (Å²) in [5.74, 6) is 2.28. The molecule has 6 nitrogen and oxygen atoms in total. The lowest BCUT2D eigenvalue weighted by Crippen LogP contribution is -2.46. The highest BCUT2D eigenvalue weighted by atomic mass is 16.5. The maximum Gasteiger partial charge on any atom is 0.263 e. The third kappa shape index (κ3) is 4.70. The van der Waals surface area contributed by atoms with Gasteiger partial charge in [0, 0.05) is 25.1 Å². The van der Waals surface area contributed by atoms with E-state index in [9.17, 15) is 4.79 Å². The number of likely N-dealkylation sites (tertiary alicyclic amines) is 1. The molecule has 30 heavy (non-hydrogen) atoms. The molecular weight excluding hydrogens is 378 g/mol. The zero-order valence-electron chi connectivity index (χ0n) is 17.5. The first kappa shape index (κ1) is 20.1. The minimum Gasteiger partial charge on any atom is -0.481 e. The van der Waals surface area contributed by atoms with E-state index in [4.69, 9.17) is 9.26 Å². The second-order valence-corrected chi connectivity index (χ2v) is 7.90. The van der Waals surface area contributed by atoms with Crippen molar-refractivity contribution < 1.29 is 14.1 Å². The van der Waals surface area contributed by atoms with Gasteiger partial charge in [0.05, 0.1) is 0 Å². The van der Waals surface area contributed by atoms with Crippen molar-refractivity contribution in [2.24, 2.45) is 5.92 Å². The minimum absolute atomic E-state index is 0.0229. The molecule has 1 aromatic heterocycles. The quantitative estimate of drug-likeness (QED) is 0.612. The van der Waals surface area contributed by atoms with Gasteiger partial charge in [0.25, 0.3) is 5.91 Å². The Morgan fingerprint density at radius 1 is 1.20 bits per heavy atom. The van der Waals surface area contributed by atoms with Gasteiger partial charge in [-0.05, 0) is 50.3 Å². The van der Waals surface area contributed by atoms with Crippen LogP contribution in [0.2, 0.25) is 0 Å². The fourth-order valence-electron chi connectivity index (χ4n) is 3.96. The predicted molar refractivity (Wildman–Crippen MR) is 114 cm³/mol. The van der Waals surface area contributed by atoms with E-state index >= 15 is 0 Å². The topological polar surface area (TPSA) is 68.5 Å². The predicted octanol–water partition coefficient (Wildman–Crippen LogP) is 4.29. The van der Waals surface area contributed by atoms with Gasteiger partial charge in [0.2, 0.25) is 11.7 Å². The molecule has 4 rings (SSSR count). The number of piperidine rings is 1. The summed E-state index contributed by atoms with van der Waals surface area (Å²) in [5, 5.41) is 4.16. The molecule has 1 amide bonds. The van der Waals surface area contributed by atoms with Gasteiger partial charge < -0.3 is 14.2 Å². The number of rotatable bonds is 6. The maximum atomic E-state index is 12.9. The zero-order valence-corrected chi connectivity index (χ0v) is 17.5. The Labute approximate surface area is 176 Å². The second kappa shape index (κ2) is 9.11. The van der Waals surface area contributed by atoms with Crippen LogP contribution in [0, 0.1) is 12.8 Å². The van der Waals surface area contributed by atoms with E-state index in [1.54, 1.807) is 0 Å². The summed E-state index contributed by atoms with van der Waals surface area (Å²) >= 11 is 0. The van der Waals surface area contributed by atoms with Crippen LogP contribution in [0.4, 0.5) is 0 Å². The van der Waals surface area contributed by atoms with Crippen molar-refractivity contribution in [3.8, 4) is 17.1 Å². The van der Waals surface area contributed by atoms with Crippen LogP contribution in [0.25, 0.3) is 11.4 Å². The first-order valence-electron chi connectivity index (χ1n) is 10.5. The van der Waals surface area contributed by atoms with Crippen LogP contribution in [0.5, 0.6) is 5.75 Å². The maximum absolute atomic E-state index is 12.9. The fraction of sp³-hybridized carbons (Fsp3) is 0.375. The number of amides is 1. The van der Waals surface area contributed by atoms with Crippen molar-refractivity contribution in [3.63, 3.8) is 0 Å². The summed E-state index contributed by atoms with van der Waals surface area (Å²) in [6.45, 7) is 5.29. The number of benzene rings is 2. The fourth-order valence-corrected chi connectivity index (χ4v) is 3.96. The Balaban J connectivity index is 1.36. The molecular formula is C24H27N3O3. The van der Waals surface area contributed by atoms with E-state index in [0.29, 0.717) is 36.3 Å². The van der Waals surface area contributed by atoms with Crippen molar-refractivity contribution in [3.05, 3.63) is 66.1 Å². The molecule has 1 fully saturated rings. The molecule has 0 spiro atoms. The zero-order chi connectivity index (χ0) is 20.9. The molecule has 2 aromatic carbocycles. The highest BCUT2D eigenvalue weighted by Crippen LogP contribution is 2.24. The number of carbonyl (C=O) groups excluding carboxylic acids is 1. The molecule has 0 aliphatic carbocycles. The monoisotopic (exact) mass is 405 g/mol. The second-order valence-electron chi connectivity index (χ2n) is 7.90. The molecule has 0 bridgehead atoms. The van der Waals surface area contributed by atoms with Crippen molar-refractivity contribution in [1.29, 1.82) is 0 Å². The Kier molecular flexibility index (Phi) is 6.12. The summed E-state index contributed by atoms with van der Waals surface area (Å²) in [4.78, 5) is 19.4. The first-order valence-corrected chi connectivity index (χ1v) is 10.5. The van der Waals surface area contributed by atoms with Gasteiger partial charge in [0.15, 0.2) is 6.10 Å². The number of hydrogen-bond acceptors (Lipinski definition) is 5.